The van der Waals surface area contributed by atoms with E-state index in [-0.39, 0.29) is 5.69 Å². The number of pyridine rings is 1. The summed E-state index contributed by atoms with van der Waals surface area (Å²) in [7, 11) is 0. The summed E-state index contributed by atoms with van der Waals surface area (Å²) in [5, 5.41) is 18.2. The monoisotopic (exact) mass is 429 g/mol. The number of rotatable bonds is 4. The number of aromatic nitrogens is 2. The third kappa shape index (κ3) is 3.73. The number of carbonyl (C=O) groups is 1. The number of hydrogen-bond donors (Lipinski definition) is 3. The predicted octanol–water partition coefficient (Wildman–Crippen LogP) is 5.00. The molecule has 2 aromatic carbocycles. The summed E-state index contributed by atoms with van der Waals surface area (Å²) in [6.07, 6.45) is 0.760. The number of para-hydroxylation sites is 1. The molecule has 7 nitrogen and oxygen atoms in total. The highest BCUT2D eigenvalue weighted by atomic mass is 32.1. The normalized spacial score (nSPS) is 14.3. The Morgan fingerprint density at radius 1 is 1.16 bits per heavy atom. The topological polar surface area (TPSA) is 99.5 Å². The molecule has 3 N–H and O–H groups in total. The van der Waals surface area contributed by atoms with Gasteiger partial charge in [0.15, 0.2) is 5.69 Å². The van der Waals surface area contributed by atoms with E-state index in [2.05, 4.69) is 25.8 Å². The maximum atomic E-state index is 11.5. The van der Waals surface area contributed by atoms with Crippen LogP contribution in [0.3, 0.4) is 0 Å². The summed E-state index contributed by atoms with van der Waals surface area (Å²) in [5.74, 6) is -1.03. The number of aromatic carboxylic acids is 1. The molecule has 2 aromatic heterocycles. The van der Waals surface area contributed by atoms with Crippen molar-refractivity contribution in [2.75, 3.05) is 17.3 Å². The van der Waals surface area contributed by atoms with Gasteiger partial charge in [0.2, 0.25) is 5.13 Å². The first kappa shape index (κ1) is 19.2. The lowest BCUT2D eigenvalue weighted by molar-refractivity contribution is 0.0690. The number of hydrazone groups is 1. The highest BCUT2D eigenvalue weighted by molar-refractivity contribution is 7.22. The molecule has 0 amide bonds. The van der Waals surface area contributed by atoms with E-state index in [1.54, 1.807) is 24.3 Å². The Morgan fingerprint density at radius 2 is 2.03 bits per heavy atom. The Balaban J connectivity index is 1.49. The molecule has 1 aliphatic heterocycles. The summed E-state index contributed by atoms with van der Waals surface area (Å²) in [6, 6.07) is 17.5. The van der Waals surface area contributed by atoms with Gasteiger partial charge in [0.05, 0.1) is 21.6 Å². The summed E-state index contributed by atoms with van der Waals surface area (Å²) in [4.78, 5) is 20.4. The second-order valence-corrected chi connectivity index (χ2v) is 8.29. The van der Waals surface area contributed by atoms with Gasteiger partial charge >= 0.3 is 5.97 Å². The molecular weight excluding hydrogens is 410 g/mol. The maximum Gasteiger partial charge on any atom is 0.354 e. The van der Waals surface area contributed by atoms with Crippen LogP contribution in [0.1, 0.15) is 28.0 Å². The van der Waals surface area contributed by atoms with Gasteiger partial charge in [-0.15, -0.1) is 0 Å². The van der Waals surface area contributed by atoms with Crippen LogP contribution in [0.4, 0.5) is 10.8 Å². The Labute approximate surface area is 182 Å². The summed E-state index contributed by atoms with van der Waals surface area (Å²) in [6.45, 7) is 2.54. The molecular formula is C23H19N5O2S. The maximum absolute atomic E-state index is 11.5. The fraction of sp³-hybridized carbons (Fsp3) is 0.130. The second kappa shape index (κ2) is 7.81. The number of hydrogen-bond acceptors (Lipinski definition) is 7. The van der Waals surface area contributed by atoms with Crippen molar-refractivity contribution in [1.82, 2.24) is 9.97 Å². The summed E-state index contributed by atoms with van der Waals surface area (Å²) in [5.41, 5.74) is 9.11. The van der Waals surface area contributed by atoms with Crippen molar-refractivity contribution in [3.63, 3.8) is 0 Å². The van der Waals surface area contributed by atoms with Crippen molar-refractivity contribution in [3.05, 3.63) is 71.4 Å². The average Bonchev–Trinajstić information content (AvgIpc) is 3.20. The highest BCUT2D eigenvalue weighted by Crippen LogP contribution is 2.30. The molecule has 0 spiro atoms. The van der Waals surface area contributed by atoms with Crippen LogP contribution in [-0.4, -0.2) is 33.3 Å². The molecule has 8 heteroatoms. The minimum absolute atomic E-state index is 0.0692. The fourth-order valence-corrected chi connectivity index (χ4v) is 4.41. The van der Waals surface area contributed by atoms with Crippen molar-refractivity contribution < 1.29 is 9.90 Å². The standard InChI is InChI=1S/C23H19N5O2S/c1-13-6-8-16(25-21(13)22(29)30)14-7-9-17-15(12-14)18(10-11-24-17)27-28-23-26-19-4-2-3-5-20(19)31-23/h2-9,12,24H,10-11H2,1H3,(H,26,28)(H,29,30)/b27-18+. The van der Waals surface area contributed by atoms with E-state index in [0.717, 1.165) is 50.8 Å². The lowest BCUT2D eigenvalue weighted by atomic mass is 9.97. The smallest absolute Gasteiger partial charge is 0.354 e. The zero-order chi connectivity index (χ0) is 21.4. The van der Waals surface area contributed by atoms with Crippen LogP contribution >= 0.6 is 11.3 Å². The molecule has 0 saturated carbocycles. The van der Waals surface area contributed by atoms with Gasteiger partial charge in [-0.05, 0) is 42.8 Å². The molecule has 1 aliphatic rings. The molecule has 0 atom stereocenters. The SMILES string of the molecule is Cc1ccc(-c2ccc3c(c2)/C(=N/Nc2nc4ccccc4s2)CCN3)nc1C(=O)O. The van der Waals surface area contributed by atoms with E-state index < -0.39 is 5.97 Å². The highest BCUT2D eigenvalue weighted by Gasteiger charge is 2.18. The number of nitrogens with zero attached hydrogens (tertiary/aromatic N) is 3. The Bertz CT molecular complexity index is 1310. The van der Waals surface area contributed by atoms with Gasteiger partial charge in [-0.25, -0.2) is 14.8 Å². The quantitative estimate of drug-likeness (QED) is 0.395. The number of fused-ring (bicyclic) bond motifs is 2. The molecule has 0 unspecified atom stereocenters. The molecule has 0 radical (unpaired) electrons. The van der Waals surface area contributed by atoms with Crippen LogP contribution in [0, 0.1) is 6.92 Å². The first-order valence-corrected chi connectivity index (χ1v) is 10.7. The zero-order valence-electron chi connectivity index (χ0n) is 16.7. The second-order valence-electron chi connectivity index (χ2n) is 7.26. The lowest BCUT2D eigenvalue weighted by Crippen LogP contribution is -2.19. The van der Waals surface area contributed by atoms with Gasteiger partial charge in [-0.3, -0.25) is 5.43 Å². The van der Waals surface area contributed by atoms with E-state index >= 15 is 0 Å². The number of nitrogens with one attached hydrogen (secondary N) is 2. The van der Waals surface area contributed by atoms with E-state index in [1.807, 2.05) is 48.5 Å². The van der Waals surface area contributed by atoms with Gasteiger partial charge in [0.1, 0.15) is 0 Å². The van der Waals surface area contributed by atoms with E-state index in [4.69, 9.17) is 0 Å². The van der Waals surface area contributed by atoms with Crippen LogP contribution in [0.25, 0.3) is 21.5 Å². The molecule has 0 saturated heterocycles. The van der Waals surface area contributed by atoms with Gasteiger partial charge < -0.3 is 10.4 Å². The van der Waals surface area contributed by atoms with E-state index in [1.165, 1.54) is 0 Å². The number of aryl methyl sites for hydroxylation is 1. The molecule has 31 heavy (non-hydrogen) atoms. The van der Waals surface area contributed by atoms with Crippen molar-refractivity contribution >= 4 is 44.1 Å². The van der Waals surface area contributed by atoms with Gasteiger partial charge in [0.25, 0.3) is 0 Å². The average molecular weight is 430 g/mol. The van der Waals surface area contributed by atoms with Gasteiger partial charge in [0, 0.05) is 29.8 Å². The first-order valence-electron chi connectivity index (χ1n) is 9.86. The lowest BCUT2D eigenvalue weighted by Gasteiger charge is -2.20. The minimum atomic E-state index is -1.03. The van der Waals surface area contributed by atoms with E-state index in [9.17, 15) is 9.90 Å². The predicted molar refractivity (Wildman–Crippen MR) is 124 cm³/mol. The molecule has 5 rings (SSSR count). The van der Waals surface area contributed by atoms with Gasteiger partial charge in [-0.2, -0.15) is 5.10 Å². The minimum Gasteiger partial charge on any atom is -0.477 e. The number of benzene rings is 2. The Hall–Kier alpha value is -3.78. The number of carboxylic acid groups (broad SMARTS) is 1. The fourth-order valence-electron chi connectivity index (χ4n) is 3.60. The largest absolute Gasteiger partial charge is 0.477 e. The van der Waals surface area contributed by atoms with Crippen molar-refractivity contribution in [3.8, 4) is 11.3 Å². The molecule has 0 bridgehead atoms. The van der Waals surface area contributed by atoms with Crippen LogP contribution < -0.4 is 10.7 Å². The third-order valence-corrected chi connectivity index (χ3v) is 6.12. The Morgan fingerprint density at radius 3 is 2.87 bits per heavy atom. The molecule has 154 valence electrons. The Kier molecular flexibility index (Phi) is 4.83. The van der Waals surface area contributed by atoms with Gasteiger partial charge in [-0.1, -0.05) is 35.6 Å². The number of thiazole rings is 1. The van der Waals surface area contributed by atoms with Crippen LogP contribution in [0.2, 0.25) is 0 Å². The van der Waals surface area contributed by atoms with Crippen molar-refractivity contribution in [2.45, 2.75) is 13.3 Å². The van der Waals surface area contributed by atoms with Crippen molar-refractivity contribution in [1.29, 1.82) is 0 Å². The van der Waals surface area contributed by atoms with Crippen molar-refractivity contribution in [2.24, 2.45) is 5.10 Å². The molecule has 0 fully saturated rings. The van der Waals surface area contributed by atoms with Crippen LogP contribution in [0.15, 0.2) is 59.7 Å². The third-order valence-electron chi connectivity index (χ3n) is 5.18. The molecule has 0 aliphatic carbocycles. The van der Waals surface area contributed by atoms with Crippen LogP contribution in [-0.2, 0) is 0 Å². The molecule has 4 aromatic rings. The zero-order valence-corrected chi connectivity index (χ0v) is 17.5. The number of anilines is 2. The first-order chi connectivity index (χ1) is 15.1. The molecule has 3 heterocycles. The summed E-state index contributed by atoms with van der Waals surface area (Å²) < 4.78 is 1.11. The van der Waals surface area contributed by atoms with E-state index in [0.29, 0.717) is 11.3 Å². The number of carboxylic acids is 1. The summed E-state index contributed by atoms with van der Waals surface area (Å²) >= 11 is 1.56. The van der Waals surface area contributed by atoms with Crippen LogP contribution in [0.5, 0.6) is 0 Å².